The number of carboxylic acids is 1. The van der Waals surface area contributed by atoms with Gasteiger partial charge in [0, 0.05) is 5.56 Å². The summed E-state index contributed by atoms with van der Waals surface area (Å²) in [5, 5.41) is 8.73. The van der Waals surface area contributed by atoms with Gasteiger partial charge in [-0.2, -0.15) is 0 Å². The summed E-state index contributed by atoms with van der Waals surface area (Å²) in [5.41, 5.74) is 3.31. The molecule has 4 nitrogen and oxygen atoms in total. The van der Waals surface area contributed by atoms with Crippen molar-refractivity contribution in [1.82, 2.24) is 0 Å². The normalized spacial score (nSPS) is 10.3. The van der Waals surface area contributed by atoms with Crippen molar-refractivity contribution in [3.8, 4) is 5.75 Å². The number of rotatable bonds is 6. The van der Waals surface area contributed by atoms with E-state index in [0.717, 1.165) is 16.7 Å². The molecule has 2 aromatic carbocycles. The van der Waals surface area contributed by atoms with Crippen LogP contribution in [0.3, 0.4) is 0 Å². The van der Waals surface area contributed by atoms with Gasteiger partial charge in [0.2, 0.25) is 0 Å². The Bertz CT molecular complexity index is 687. The molecule has 0 bridgehead atoms. The highest BCUT2D eigenvalue weighted by atomic mass is 16.5. The lowest BCUT2D eigenvalue weighted by Crippen LogP contribution is -2.01. The maximum absolute atomic E-state index is 11.4. The van der Waals surface area contributed by atoms with Crippen molar-refractivity contribution in [1.29, 1.82) is 0 Å². The second-order valence-electron chi connectivity index (χ2n) is 5.21. The van der Waals surface area contributed by atoms with E-state index in [2.05, 4.69) is 0 Å². The fourth-order valence-electron chi connectivity index (χ4n) is 2.22. The predicted molar refractivity (Wildman–Crippen MR) is 83.3 cm³/mol. The molecular formula is C18H18O4. The molecule has 2 aromatic rings. The maximum Gasteiger partial charge on any atom is 0.307 e. The van der Waals surface area contributed by atoms with Gasteiger partial charge >= 0.3 is 5.97 Å². The Labute approximate surface area is 129 Å². The molecule has 0 unspecified atom stereocenters. The minimum atomic E-state index is -0.843. The number of ether oxygens (including phenoxy) is 1. The molecule has 0 fully saturated rings. The summed E-state index contributed by atoms with van der Waals surface area (Å²) in [6.45, 7) is 3.82. The summed E-state index contributed by atoms with van der Waals surface area (Å²) in [4.78, 5) is 22.0. The SMILES string of the molecule is CC(=O)c1ccc(OCc2ccc(CC(=O)O)cc2)cc1C. The van der Waals surface area contributed by atoms with Gasteiger partial charge in [-0.3, -0.25) is 9.59 Å². The third-order valence-corrected chi connectivity index (χ3v) is 3.36. The van der Waals surface area contributed by atoms with E-state index in [1.54, 1.807) is 31.2 Å². The van der Waals surface area contributed by atoms with Crippen LogP contribution in [0.15, 0.2) is 42.5 Å². The van der Waals surface area contributed by atoms with E-state index in [1.807, 2.05) is 25.1 Å². The number of Topliss-reactive ketones (excluding diaryl/α,β-unsaturated/α-hetero) is 1. The smallest absolute Gasteiger partial charge is 0.307 e. The van der Waals surface area contributed by atoms with Crippen LogP contribution in [0.25, 0.3) is 0 Å². The van der Waals surface area contributed by atoms with Crippen LogP contribution in [0, 0.1) is 6.92 Å². The number of benzene rings is 2. The first-order valence-corrected chi connectivity index (χ1v) is 6.99. The van der Waals surface area contributed by atoms with E-state index in [0.29, 0.717) is 17.9 Å². The summed E-state index contributed by atoms with van der Waals surface area (Å²) in [6.07, 6.45) is 0.0207. The van der Waals surface area contributed by atoms with Gasteiger partial charge in [-0.1, -0.05) is 24.3 Å². The highest BCUT2D eigenvalue weighted by Gasteiger charge is 2.05. The monoisotopic (exact) mass is 298 g/mol. The van der Waals surface area contributed by atoms with Crippen LogP contribution in [-0.4, -0.2) is 16.9 Å². The Morgan fingerprint density at radius 2 is 1.68 bits per heavy atom. The first-order chi connectivity index (χ1) is 10.5. The van der Waals surface area contributed by atoms with Crippen LogP contribution in [0.2, 0.25) is 0 Å². The van der Waals surface area contributed by atoms with Crippen LogP contribution < -0.4 is 4.74 Å². The Balaban J connectivity index is 1.99. The highest BCUT2D eigenvalue weighted by Crippen LogP contribution is 2.19. The number of carbonyl (C=O) groups is 2. The molecular weight excluding hydrogens is 280 g/mol. The number of aliphatic carboxylic acids is 1. The number of carbonyl (C=O) groups excluding carboxylic acids is 1. The molecule has 0 radical (unpaired) electrons. The summed E-state index contributed by atoms with van der Waals surface area (Å²) in [6, 6.07) is 12.7. The lowest BCUT2D eigenvalue weighted by Gasteiger charge is -2.09. The molecule has 114 valence electrons. The topological polar surface area (TPSA) is 63.6 Å². The van der Waals surface area contributed by atoms with Crippen LogP contribution in [0.4, 0.5) is 0 Å². The van der Waals surface area contributed by atoms with E-state index < -0.39 is 5.97 Å². The molecule has 0 aromatic heterocycles. The molecule has 0 atom stereocenters. The zero-order valence-electron chi connectivity index (χ0n) is 12.6. The van der Waals surface area contributed by atoms with Crippen LogP contribution in [-0.2, 0) is 17.8 Å². The van der Waals surface area contributed by atoms with E-state index in [9.17, 15) is 9.59 Å². The molecule has 0 aliphatic rings. The third kappa shape index (κ3) is 4.19. The Hall–Kier alpha value is -2.62. The highest BCUT2D eigenvalue weighted by molar-refractivity contribution is 5.95. The van der Waals surface area contributed by atoms with Crippen molar-refractivity contribution in [2.45, 2.75) is 26.9 Å². The molecule has 0 saturated heterocycles. The molecule has 0 spiro atoms. The van der Waals surface area contributed by atoms with Crippen LogP contribution in [0.1, 0.15) is 34.0 Å². The summed E-state index contributed by atoms with van der Waals surface area (Å²) in [5.74, 6) is -0.0970. The van der Waals surface area contributed by atoms with Gasteiger partial charge in [0.25, 0.3) is 0 Å². The zero-order valence-corrected chi connectivity index (χ0v) is 12.6. The Morgan fingerprint density at radius 3 is 2.23 bits per heavy atom. The molecule has 0 aliphatic carbocycles. The van der Waals surface area contributed by atoms with E-state index in [1.165, 1.54) is 0 Å². The summed E-state index contributed by atoms with van der Waals surface area (Å²) in [7, 11) is 0. The average molecular weight is 298 g/mol. The first-order valence-electron chi connectivity index (χ1n) is 6.99. The molecule has 4 heteroatoms. The molecule has 0 amide bonds. The van der Waals surface area contributed by atoms with Crippen molar-refractivity contribution >= 4 is 11.8 Å². The largest absolute Gasteiger partial charge is 0.489 e. The number of aryl methyl sites for hydroxylation is 1. The van der Waals surface area contributed by atoms with E-state index in [4.69, 9.17) is 9.84 Å². The van der Waals surface area contributed by atoms with E-state index in [-0.39, 0.29) is 12.2 Å². The van der Waals surface area contributed by atoms with Gasteiger partial charge in [0.05, 0.1) is 6.42 Å². The maximum atomic E-state index is 11.4. The van der Waals surface area contributed by atoms with Crippen molar-refractivity contribution in [3.05, 3.63) is 64.7 Å². The van der Waals surface area contributed by atoms with Crippen molar-refractivity contribution < 1.29 is 19.4 Å². The van der Waals surface area contributed by atoms with Crippen LogP contribution in [0.5, 0.6) is 5.75 Å². The van der Waals surface area contributed by atoms with E-state index >= 15 is 0 Å². The quantitative estimate of drug-likeness (QED) is 0.830. The summed E-state index contributed by atoms with van der Waals surface area (Å²) >= 11 is 0. The molecule has 2 rings (SSSR count). The van der Waals surface area contributed by atoms with Crippen molar-refractivity contribution in [2.24, 2.45) is 0 Å². The van der Waals surface area contributed by atoms with Crippen molar-refractivity contribution in [2.75, 3.05) is 0 Å². The zero-order chi connectivity index (χ0) is 16.1. The second kappa shape index (κ2) is 6.89. The first kappa shape index (κ1) is 15.8. The number of ketones is 1. The fourth-order valence-corrected chi connectivity index (χ4v) is 2.22. The predicted octanol–water partition coefficient (Wildman–Crippen LogP) is 3.40. The lowest BCUT2D eigenvalue weighted by atomic mass is 10.1. The van der Waals surface area contributed by atoms with Crippen LogP contribution >= 0.6 is 0 Å². The molecule has 22 heavy (non-hydrogen) atoms. The van der Waals surface area contributed by atoms with Gasteiger partial charge in [0.15, 0.2) is 5.78 Å². The second-order valence-corrected chi connectivity index (χ2v) is 5.21. The standard InChI is InChI=1S/C18H18O4/c1-12-9-16(7-8-17(12)13(2)19)22-11-15-5-3-14(4-6-15)10-18(20)21/h3-9H,10-11H2,1-2H3,(H,20,21). The Morgan fingerprint density at radius 1 is 1.05 bits per heavy atom. The molecule has 0 aliphatic heterocycles. The van der Waals surface area contributed by atoms with Gasteiger partial charge in [-0.25, -0.2) is 0 Å². The molecule has 0 saturated carbocycles. The van der Waals surface area contributed by atoms with Crippen molar-refractivity contribution in [3.63, 3.8) is 0 Å². The molecule has 0 heterocycles. The van der Waals surface area contributed by atoms with Gasteiger partial charge in [0.1, 0.15) is 12.4 Å². The minimum Gasteiger partial charge on any atom is -0.489 e. The Kier molecular flexibility index (Phi) is 4.94. The number of carboxylic acid groups (broad SMARTS) is 1. The summed E-state index contributed by atoms with van der Waals surface area (Å²) < 4.78 is 5.70. The van der Waals surface area contributed by atoms with Gasteiger partial charge in [-0.15, -0.1) is 0 Å². The average Bonchev–Trinajstić information content (AvgIpc) is 2.45. The lowest BCUT2D eigenvalue weighted by molar-refractivity contribution is -0.136. The molecule has 1 N–H and O–H groups in total. The number of hydrogen-bond acceptors (Lipinski definition) is 3. The van der Waals surface area contributed by atoms with Gasteiger partial charge in [-0.05, 0) is 48.7 Å². The fraction of sp³-hybridized carbons (Fsp3) is 0.222. The van der Waals surface area contributed by atoms with Gasteiger partial charge < -0.3 is 9.84 Å². The number of hydrogen-bond donors (Lipinski definition) is 1. The minimum absolute atomic E-state index is 0.0207. The third-order valence-electron chi connectivity index (χ3n) is 3.36.